The lowest BCUT2D eigenvalue weighted by Crippen LogP contribution is -2.47. The van der Waals surface area contributed by atoms with E-state index in [4.69, 9.17) is 4.74 Å². The maximum Gasteiger partial charge on any atom is 0.348 e. The molecule has 3 rings (SSSR count). The molecule has 0 saturated heterocycles. The molecule has 6 nitrogen and oxygen atoms in total. The first kappa shape index (κ1) is 18.1. The van der Waals surface area contributed by atoms with Crippen LogP contribution < -0.4 is 5.56 Å². The predicted molar refractivity (Wildman–Crippen MR) is 99.0 cm³/mol. The van der Waals surface area contributed by atoms with E-state index >= 15 is 0 Å². The third-order valence-electron chi connectivity index (χ3n) is 5.18. The summed E-state index contributed by atoms with van der Waals surface area (Å²) in [5.41, 5.74) is 0.485. The topological polar surface area (TPSA) is 72.0 Å². The molecule has 0 spiro atoms. The van der Waals surface area contributed by atoms with E-state index in [9.17, 15) is 9.59 Å². The number of hydrogen-bond acceptors (Lipinski definition) is 5. The Kier molecular flexibility index (Phi) is 4.97. The van der Waals surface area contributed by atoms with Crippen LogP contribution in [-0.4, -0.2) is 47.2 Å². The first-order valence-corrected chi connectivity index (χ1v) is 9.67. The van der Waals surface area contributed by atoms with Crippen LogP contribution in [0.3, 0.4) is 0 Å². The smallest absolute Gasteiger partial charge is 0.348 e. The van der Waals surface area contributed by atoms with E-state index in [0.29, 0.717) is 45.7 Å². The van der Waals surface area contributed by atoms with Gasteiger partial charge in [-0.15, -0.1) is 11.3 Å². The molecule has 0 atom stereocenters. The molecule has 1 aliphatic rings. The van der Waals surface area contributed by atoms with Crippen LogP contribution >= 0.6 is 11.3 Å². The summed E-state index contributed by atoms with van der Waals surface area (Å²) in [5.74, 6) is 0.303. The Morgan fingerprint density at radius 2 is 2.04 bits per heavy atom. The fourth-order valence-corrected chi connectivity index (χ4v) is 4.87. The molecule has 0 bridgehead atoms. The Labute approximate surface area is 151 Å². The number of nitrogens with zero attached hydrogens (tertiary/aromatic N) is 2. The number of aromatic nitrogens is 2. The van der Waals surface area contributed by atoms with E-state index in [0.717, 1.165) is 4.48 Å². The Bertz CT molecular complexity index is 847. The number of quaternary nitrogens is 1. The monoisotopic (exact) mass is 364 g/mol. The van der Waals surface area contributed by atoms with E-state index in [1.807, 2.05) is 0 Å². The van der Waals surface area contributed by atoms with Crippen LogP contribution in [0, 0.1) is 6.92 Å². The van der Waals surface area contributed by atoms with Crippen molar-refractivity contribution in [1.29, 1.82) is 0 Å². The van der Waals surface area contributed by atoms with Gasteiger partial charge in [0.05, 0.1) is 32.1 Å². The van der Waals surface area contributed by atoms with E-state index in [2.05, 4.69) is 24.1 Å². The van der Waals surface area contributed by atoms with E-state index < -0.39 is 0 Å². The van der Waals surface area contributed by atoms with Gasteiger partial charge in [-0.25, -0.2) is 9.78 Å². The van der Waals surface area contributed by atoms with Crippen LogP contribution in [-0.2, 0) is 11.3 Å². The molecule has 136 valence electrons. The zero-order chi connectivity index (χ0) is 18.2. The van der Waals surface area contributed by atoms with Gasteiger partial charge in [0, 0.05) is 0 Å². The first-order chi connectivity index (χ1) is 11.8. The number of H-pyrrole nitrogens is 1. The highest BCUT2D eigenvalue weighted by Crippen LogP contribution is 2.30. The van der Waals surface area contributed by atoms with E-state index in [-0.39, 0.29) is 11.5 Å². The molecule has 0 aromatic carbocycles. The van der Waals surface area contributed by atoms with Crippen molar-refractivity contribution in [3.8, 4) is 0 Å². The molecule has 7 heteroatoms. The van der Waals surface area contributed by atoms with E-state index in [1.165, 1.54) is 37.0 Å². The number of rotatable bonds is 5. The van der Waals surface area contributed by atoms with Crippen molar-refractivity contribution in [2.24, 2.45) is 0 Å². The van der Waals surface area contributed by atoms with Crippen molar-refractivity contribution in [2.45, 2.75) is 52.1 Å². The Balaban J connectivity index is 1.96. The lowest BCUT2D eigenvalue weighted by atomic mass is 10.2. The fraction of sp³-hybridized carbons (Fsp3) is 0.611. The second-order valence-electron chi connectivity index (χ2n) is 7.34. The summed E-state index contributed by atoms with van der Waals surface area (Å²) in [6, 6.07) is 0.612. The summed E-state index contributed by atoms with van der Waals surface area (Å²) < 4.78 is 5.91. The highest BCUT2D eigenvalue weighted by atomic mass is 32.1. The minimum atomic E-state index is -0.383. The van der Waals surface area contributed by atoms with Crippen LogP contribution in [0.1, 0.15) is 53.7 Å². The lowest BCUT2D eigenvalue weighted by molar-refractivity contribution is -0.927. The van der Waals surface area contributed by atoms with Gasteiger partial charge in [0.25, 0.3) is 5.56 Å². The van der Waals surface area contributed by atoms with Gasteiger partial charge in [-0.3, -0.25) is 4.79 Å². The Morgan fingerprint density at radius 1 is 1.36 bits per heavy atom. The Morgan fingerprint density at radius 3 is 2.68 bits per heavy atom. The lowest BCUT2D eigenvalue weighted by Gasteiger charge is -2.35. The maximum absolute atomic E-state index is 12.6. The average molecular weight is 364 g/mol. The highest BCUT2D eigenvalue weighted by Gasteiger charge is 2.32. The molecule has 2 aromatic heterocycles. The van der Waals surface area contributed by atoms with Crippen LogP contribution in [0.25, 0.3) is 10.2 Å². The van der Waals surface area contributed by atoms with E-state index in [1.54, 1.807) is 13.8 Å². The minimum absolute atomic E-state index is 0.171. The number of carbonyl (C=O) groups excluding carboxylic acids is 1. The number of aryl methyl sites for hydroxylation is 1. The number of hydrogen-bond donors (Lipinski definition) is 1. The third-order valence-corrected chi connectivity index (χ3v) is 6.35. The van der Waals surface area contributed by atoms with Gasteiger partial charge in [-0.2, -0.15) is 0 Å². The third kappa shape index (κ3) is 3.48. The van der Waals surface area contributed by atoms with Crippen molar-refractivity contribution in [3.05, 3.63) is 26.6 Å². The van der Waals surface area contributed by atoms with Crippen molar-refractivity contribution in [3.63, 3.8) is 0 Å². The quantitative estimate of drug-likeness (QED) is 0.654. The normalized spacial score (nSPS) is 15.8. The first-order valence-electron chi connectivity index (χ1n) is 8.85. The van der Waals surface area contributed by atoms with Crippen LogP contribution in [0.4, 0.5) is 0 Å². The number of thiophene rings is 1. The minimum Gasteiger partial charge on any atom is -0.462 e. The van der Waals surface area contributed by atoms with Gasteiger partial charge < -0.3 is 14.2 Å². The van der Waals surface area contributed by atoms with Gasteiger partial charge >= 0.3 is 5.97 Å². The van der Waals surface area contributed by atoms with Crippen LogP contribution in [0.5, 0.6) is 0 Å². The molecule has 2 heterocycles. The van der Waals surface area contributed by atoms with Crippen molar-refractivity contribution >= 4 is 27.5 Å². The van der Waals surface area contributed by atoms with Gasteiger partial charge in [0.15, 0.2) is 5.82 Å². The molecule has 1 aliphatic carbocycles. The number of carbonyl (C=O) groups is 1. The van der Waals surface area contributed by atoms with Gasteiger partial charge in [0.2, 0.25) is 0 Å². The number of fused-ring (bicyclic) bond motifs is 1. The zero-order valence-electron chi connectivity index (χ0n) is 15.3. The molecular formula is C18H26N3O3S+. The summed E-state index contributed by atoms with van der Waals surface area (Å²) in [4.78, 5) is 33.3. The van der Waals surface area contributed by atoms with Crippen LogP contribution in [0.15, 0.2) is 4.79 Å². The summed E-state index contributed by atoms with van der Waals surface area (Å²) >= 11 is 1.25. The van der Waals surface area contributed by atoms with Crippen molar-refractivity contribution in [2.75, 3.05) is 20.7 Å². The maximum atomic E-state index is 12.6. The molecule has 0 aliphatic heterocycles. The molecule has 25 heavy (non-hydrogen) atoms. The molecule has 1 N–H and O–H groups in total. The Hall–Kier alpha value is -1.73. The van der Waals surface area contributed by atoms with Crippen LogP contribution in [0.2, 0.25) is 0 Å². The fourth-order valence-electron chi connectivity index (χ4n) is 3.77. The molecule has 0 unspecified atom stereocenters. The second kappa shape index (κ2) is 6.88. The molecule has 1 saturated carbocycles. The molecule has 0 amide bonds. The summed E-state index contributed by atoms with van der Waals surface area (Å²) in [5, 5.41) is 0.503. The average Bonchev–Trinajstić information content (AvgIpc) is 3.16. The standard InChI is InChI=1S/C18H25N3O3S/c1-5-24-18(23)15-11(2)14-16(22)19-13(20-17(14)25-15)10-21(3,4)12-8-6-7-9-12/h12H,5-10H2,1-4H3/p+1. The largest absolute Gasteiger partial charge is 0.462 e. The molecular weight excluding hydrogens is 338 g/mol. The van der Waals surface area contributed by atoms with Gasteiger partial charge in [-0.05, 0) is 45.1 Å². The van der Waals surface area contributed by atoms with Gasteiger partial charge in [0.1, 0.15) is 16.3 Å². The number of ether oxygens (including phenoxy) is 1. The summed E-state index contributed by atoms with van der Waals surface area (Å²) in [6.45, 7) is 4.54. The zero-order valence-corrected chi connectivity index (χ0v) is 16.2. The summed E-state index contributed by atoms with van der Waals surface area (Å²) in [6.07, 6.45) is 5.01. The summed E-state index contributed by atoms with van der Waals surface area (Å²) in [7, 11) is 4.40. The SMILES string of the molecule is CCOC(=O)c1sc2nc(C[N+](C)(C)C3CCCC3)[nH]c(=O)c2c1C. The molecule has 2 aromatic rings. The molecule has 0 radical (unpaired) electrons. The van der Waals surface area contributed by atoms with Crippen molar-refractivity contribution < 1.29 is 14.0 Å². The van der Waals surface area contributed by atoms with Crippen molar-refractivity contribution in [1.82, 2.24) is 9.97 Å². The number of esters is 1. The second-order valence-corrected chi connectivity index (χ2v) is 8.34. The number of aromatic amines is 1. The molecule has 1 fully saturated rings. The van der Waals surface area contributed by atoms with Gasteiger partial charge in [-0.1, -0.05) is 0 Å². The highest BCUT2D eigenvalue weighted by molar-refractivity contribution is 7.20. The number of nitrogens with one attached hydrogen (secondary N) is 1. The predicted octanol–water partition coefficient (Wildman–Crippen LogP) is 2.99.